The summed E-state index contributed by atoms with van der Waals surface area (Å²) in [5.41, 5.74) is 3.96. The lowest BCUT2D eigenvalue weighted by Crippen LogP contribution is -2.14. The third kappa shape index (κ3) is 3.42. The van der Waals surface area contributed by atoms with Crippen LogP contribution in [0.4, 0.5) is 5.82 Å². The Morgan fingerprint density at radius 2 is 2.04 bits per heavy atom. The van der Waals surface area contributed by atoms with E-state index in [-0.39, 0.29) is 5.91 Å². The molecule has 6 nitrogen and oxygen atoms in total. The molecule has 0 saturated carbocycles. The molecule has 6 heteroatoms. The largest absolute Gasteiger partial charge is 0.307 e. The molecule has 0 fully saturated rings. The highest BCUT2D eigenvalue weighted by molar-refractivity contribution is 6.12. The van der Waals surface area contributed by atoms with Crippen LogP contribution >= 0.6 is 0 Å². The number of hydrogen-bond donors (Lipinski definition) is 1. The van der Waals surface area contributed by atoms with E-state index in [1.165, 1.54) is 0 Å². The van der Waals surface area contributed by atoms with Crippen molar-refractivity contribution in [3.63, 3.8) is 0 Å². The molecule has 1 aromatic carbocycles. The van der Waals surface area contributed by atoms with Crippen LogP contribution in [0.5, 0.6) is 0 Å². The van der Waals surface area contributed by atoms with Crippen molar-refractivity contribution in [2.75, 3.05) is 5.32 Å². The molecule has 1 N–H and O–H groups in total. The summed E-state index contributed by atoms with van der Waals surface area (Å²) < 4.78 is 1.84. The first-order valence-corrected chi connectivity index (χ1v) is 8.80. The maximum atomic E-state index is 13.0. The van der Waals surface area contributed by atoms with Gasteiger partial charge in [-0.25, -0.2) is 9.97 Å². The minimum absolute atomic E-state index is 0.212. The summed E-state index contributed by atoms with van der Waals surface area (Å²) in [6.45, 7) is 4.76. The molecule has 4 rings (SSSR count). The predicted molar refractivity (Wildman–Crippen MR) is 106 cm³/mol. The first-order valence-electron chi connectivity index (χ1n) is 8.80. The maximum Gasteiger partial charge on any atom is 0.257 e. The fourth-order valence-corrected chi connectivity index (χ4v) is 2.97. The molecule has 0 spiro atoms. The van der Waals surface area contributed by atoms with Gasteiger partial charge in [0.15, 0.2) is 0 Å². The summed E-state index contributed by atoms with van der Waals surface area (Å²) in [7, 11) is 0. The number of nitrogens with one attached hydrogen (secondary N) is 1. The monoisotopic (exact) mass is 357 g/mol. The SMILES string of the molecule is CCn1cc(-c2cc(C(=O)Nc3cc(C)ccn3)c3ccccc3n2)cn1. The van der Waals surface area contributed by atoms with E-state index in [4.69, 9.17) is 4.98 Å². The Morgan fingerprint density at radius 3 is 2.81 bits per heavy atom. The lowest BCUT2D eigenvalue weighted by atomic mass is 10.0. The van der Waals surface area contributed by atoms with E-state index < -0.39 is 0 Å². The van der Waals surface area contributed by atoms with Crippen LogP contribution in [0, 0.1) is 6.92 Å². The molecule has 0 radical (unpaired) electrons. The van der Waals surface area contributed by atoms with Gasteiger partial charge in [0.1, 0.15) is 5.82 Å². The zero-order chi connectivity index (χ0) is 18.8. The number of amides is 1. The highest BCUT2D eigenvalue weighted by Gasteiger charge is 2.15. The zero-order valence-electron chi connectivity index (χ0n) is 15.2. The molecule has 4 aromatic rings. The number of carbonyl (C=O) groups excluding carboxylic acids is 1. The van der Waals surface area contributed by atoms with Crippen LogP contribution in [0.15, 0.2) is 61.1 Å². The Kier molecular flexibility index (Phi) is 4.38. The summed E-state index contributed by atoms with van der Waals surface area (Å²) in [5.74, 6) is 0.317. The van der Waals surface area contributed by atoms with E-state index in [9.17, 15) is 4.79 Å². The first-order chi connectivity index (χ1) is 13.1. The van der Waals surface area contributed by atoms with E-state index in [1.54, 1.807) is 12.4 Å². The quantitative estimate of drug-likeness (QED) is 0.597. The average molecular weight is 357 g/mol. The zero-order valence-corrected chi connectivity index (χ0v) is 15.2. The molecular weight excluding hydrogens is 338 g/mol. The summed E-state index contributed by atoms with van der Waals surface area (Å²) in [6, 6.07) is 13.2. The summed E-state index contributed by atoms with van der Waals surface area (Å²) >= 11 is 0. The summed E-state index contributed by atoms with van der Waals surface area (Å²) in [6.07, 6.45) is 5.38. The van der Waals surface area contributed by atoms with Crippen molar-refractivity contribution in [2.24, 2.45) is 0 Å². The first kappa shape index (κ1) is 16.9. The molecule has 27 heavy (non-hydrogen) atoms. The normalized spacial score (nSPS) is 10.9. The second-order valence-electron chi connectivity index (χ2n) is 6.33. The molecule has 0 saturated heterocycles. The average Bonchev–Trinajstić information content (AvgIpc) is 3.16. The number of carbonyl (C=O) groups is 1. The molecule has 0 aliphatic carbocycles. The number of pyridine rings is 2. The number of anilines is 1. The second kappa shape index (κ2) is 6.99. The Hall–Kier alpha value is -3.54. The van der Waals surface area contributed by atoms with Gasteiger partial charge in [-0.3, -0.25) is 9.48 Å². The molecule has 0 bridgehead atoms. The van der Waals surface area contributed by atoms with E-state index >= 15 is 0 Å². The van der Waals surface area contributed by atoms with Gasteiger partial charge in [0.25, 0.3) is 5.91 Å². The van der Waals surface area contributed by atoms with Crippen LogP contribution in [-0.4, -0.2) is 25.7 Å². The summed E-state index contributed by atoms with van der Waals surface area (Å²) in [4.78, 5) is 21.9. The van der Waals surface area contributed by atoms with Crippen molar-refractivity contribution >= 4 is 22.6 Å². The smallest absolute Gasteiger partial charge is 0.257 e. The van der Waals surface area contributed by atoms with Gasteiger partial charge in [0.2, 0.25) is 0 Å². The van der Waals surface area contributed by atoms with Gasteiger partial charge in [-0.05, 0) is 43.7 Å². The van der Waals surface area contributed by atoms with Crippen molar-refractivity contribution in [1.82, 2.24) is 19.7 Å². The maximum absolute atomic E-state index is 13.0. The third-order valence-corrected chi connectivity index (χ3v) is 4.37. The molecule has 0 unspecified atom stereocenters. The van der Waals surface area contributed by atoms with Crippen LogP contribution in [0.2, 0.25) is 0 Å². The fraction of sp³-hybridized carbons (Fsp3) is 0.143. The topological polar surface area (TPSA) is 72.7 Å². The molecule has 3 heterocycles. The number of nitrogens with zero attached hydrogens (tertiary/aromatic N) is 4. The lowest BCUT2D eigenvalue weighted by molar-refractivity contribution is 0.102. The van der Waals surface area contributed by atoms with Crippen LogP contribution in [0.3, 0.4) is 0 Å². The standard InChI is InChI=1S/C21H19N5O/c1-3-26-13-15(12-23-26)19-11-17(16-6-4-5-7-18(16)24-19)21(27)25-20-10-14(2)8-9-22-20/h4-13H,3H2,1-2H3,(H,22,25,27). The Labute approximate surface area is 156 Å². The van der Waals surface area contributed by atoms with Crippen molar-refractivity contribution < 1.29 is 4.79 Å². The summed E-state index contributed by atoms with van der Waals surface area (Å²) in [5, 5.41) is 8.00. The van der Waals surface area contributed by atoms with Gasteiger partial charge in [-0.15, -0.1) is 0 Å². The molecule has 3 aromatic heterocycles. The number of fused-ring (bicyclic) bond motifs is 1. The van der Waals surface area contributed by atoms with Gasteiger partial charge < -0.3 is 5.32 Å². The molecule has 134 valence electrons. The van der Waals surface area contributed by atoms with Crippen LogP contribution in [0.25, 0.3) is 22.2 Å². The van der Waals surface area contributed by atoms with E-state index in [1.807, 2.05) is 67.2 Å². The van der Waals surface area contributed by atoms with Gasteiger partial charge in [0.05, 0.1) is 23.0 Å². The van der Waals surface area contributed by atoms with Gasteiger partial charge in [-0.1, -0.05) is 18.2 Å². The molecule has 0 aliphatic rings. The lowest BCUT2D eigenvalue weighted by Gasteiger charge is -2.10. The van der Waals surface area contributed by atoms with E-state index in [0.717, 1.165) is 34.3 Å². The second-order valence-corrected chi connectivity index (χ2v) is 6.33. The number of rotatable bonds is 4. The fourth-order valence-electron chi connectivity index (χ4n) is 2.97. The highest BCUT2D eigenvalue weighted by Crippen LogP contribution is 2.25. The van der Waals surface area contributed by atoms with Crippen LogP contribution < -0.4 is 5.32 Å². The van der Waals surface area contributed by atoms with Gasteiger partial charge in [-0.2, -0.15) is 5.10 Å². The number of benzene rings is 1. The van der Waals surface area contributed by atoms with Crippen molar-refractivity contribution in [3.05, 3.63) is 72.2 Å². The van der Waals surface area contributed by atoms with Crippen molar-refractivity contribution in [2.45, 2.75) is 20.4 Å². The predicted octanol–water partition coefficient (Wildman–Crippen LogP) is 4.07. The molecule has 1 amide bonds. The van der Waals surface area contributed by atoms with Gasteiger partial charge in [0, 0.05) is 29.9 Å². The van der Waals surface area contributed by atoms with Crippen LogP contribution in [-0.2, 0) is 6.54 Å². The molecular formula is C21H19N5O. The Morgan fingerprint density at radius 1 is 1.19 bits per heavy atom. The minimum atomic E-state index is -0.212. The number of hydrogen-bond acceptors (Lipinski definition) is 4. The number of aryl methyl sites for hydroxylation is 2. The molecule has 0 atom stereocenters. The number of aromatic nitrogens is 4. The van der Waals surface area contributed by atoms with Gasteiger partial charge >= 0.3 is 0 Å². The van der Waals surface area contributed by atoms with E-state index in [0.29, 0.717) is 11.4 Å². The highest BCUT2D eigenvalue weighted by atomic mass is 16.1. The minimum Gasteiger partial charge on any atom is -0.307 e. The molecule has 0 aliphatic heterocycles. The Balaban J connectivity index is 1.79. The van der Waals surface area contributed by atoms with Crippen molar-refractivity contribution in [1.29, 1.82) is 0 Å². The number of para-hydroxylation sites is 1. The van der Waals surface area contributed by atoms with Crippen LogP contribution in [0.1, 0.15) is 22.8 Å². The van der Waals surface area contributed by atoms with E-state index in [2.05, 4.69) is 15.4 Å². The van der Waals surface area contributed by atoms with Crippen molar-refractivity contribution in [3.8, 4) is 11.3 Å². The third-order valence-electron chi connectivity index (χ3n) is 4.37. The Bertz CT molecular complexity index is 1130.